The quantitative estimate of drug-likeness (QED) is 0.856. The van der Waals surface area contributed by atoms with E-state index in [0.29, 0.717) is 12.0 Å². The smallest absolute Gasteiger partial charge is 0.126 e. The topological polar surface area (TPSA) is 12.0 Å². The van der Waals surface area contributed by atoms with Gasteiger partial charge in [-0.1, -0.05) is 12.1 Å². The lowest BCUT2D eigenvalue weighted by atomic mass is 9.92. The van der Waals surface area contributed by atoms with Gasteiger partial charge in [-0.15, -0.1) is 0 Å². The first-order chi connectivity index (χ1) is 10.1. The Morgan fingerprint density at radius 1 is 0.810 bits per heavy atom. The Kier molecular flexibility index (Phi) is 5.39. The van der Waals surface area contributed by atoms with Crippen molar-refractivity contribution in [2.45, 2.75) is 12.8 Å². The molecule has 0 spiro atoms. The Balaban J connectivity index is 2.09. The maximum atomic E-state index is 13.2. The van der Waals surface area contributed by atoms with E-state index >= 15 is 0 Å². The van der Waals surface area contributed by atoms with Crippen LogP contribution in [0.15, 0.2) is 42.5 Å². The molecule has 0 radical (unpaired) electrons. The van der Waals surface area contributed by atoms with Crippen LogP contribution in [0.25, 0.3) is 0 Å². The molecule has 0 amide bonds. The van der Waals surface area contributed by atoms with Crippen LogP contribution in [-0.4, -0.2) is 13.6 Å². The van der Waals surface area contributed by atoms with Crippen molar-refractivity contribution < 1.29 is 13.2 Å². The third-order valence-corrected chi connectivity index (χ3v) is 3.38. The van der Waals surface area contributed by atoms with E-state index in [1.807, 2.05) is 7.05 Å². The molecule has 0 aliphatic rings. The summed E-state index contributed by atoms with van der Waals surface area (Å²) in [5.41, 5.74) is 1.64. The van der Waals surface area contributed by atoms with Gasteiger partial charge in [0, 0.05) is 6.07 Å². The Morgan fingerprint density at radius 3 is 1.95 bits per heavy atom. The Labute approximate surface area is 122 Å². The van der Waals surface area contributed by atoms with Crippen LogP contribution < -0.4 is 5.32 Å². The fraction of sp³-hybridized carbons (Fsp3) is 0.294. The molecule has 1 N–H and O–H groups in total. The second kappa shape index (κ2) is 7.27. The van der Waals surface area contributed by atoms with Crippen molar-refractivity contribution in [2.24, 2.45) is 5.92 Å². The standard InChI is InChI=1S/C17H18F3N/c1-21-11-14(6-12-2-4-15(18)5-3-12)7-13-8-16(19)10-17(20)9-13/h2-5,8-10,14,21H,6-7,11H2,1H3. The molecule has 112 valence electrons. The fourth-order valence-corrected chi connectivity index (χ4v) is 2.52. The molecule has 0 saturated heterocycles. The number of benzene rings is 2. The van der Waals surface area contributed by atoms with Crippen LogP contribution in [0.2, 0.25) is 0 Å². The van der Waals surface area contributed by atoms with Gasteiger partial charge in [0.1, 0.15) is 17.5 Å². The third kappa shape index (κ3) is 4.90. The minimum absolute atomic E-state index is 0.182. The van der Waals surface area contributed by atoms with Crippen LogP contribution in [0, 0.1) is 23.4 Å². The van der Waals surface area contributed by atoms with Gasteiger partial charge in [-0.3, -0.25) is 0 Å². The zero-order valence-electron chi connectivity index (χ0n) is 11.9. The van der Waals surface area contributed by atoms with Gasteiger partial charge in [0.15, 0.2) is 0 Å². The van der Waals surface area contributed by atoms with Gasteiger partial charge < -0.3 is 5.32 Å². The lowest BCUT2D eigenvalue weighted by molar-refractivity contribution is 0.488. The van der Waals surface area contributed by atoms with Crippen molar-refractivity contribution in [3.8, 4) is 0 Å². The van der Waals surface area contributed by atoms with Crippen LogP contribution in [0.4, 0.5) is 13.2 Å². The average molecular weight is 293 g/mol. The van der Waals surface area contributed by atoms with Gasteiger partial charge >= 0.3 is 0 Å². The molecule has 1 nitrogen and oxygen atoms in total. The number of nitrogens with one attached hydrogen (secondary N) is 1. The molecule has 0 fully saturated rings. The Morgan fingerprint density at radius 2 is 1.38 bits per heavy atom. The van der Waals surface area contributed by atoms with E-state index in [2.05, 4.69) is 5.32 Å². The summed E-state index contributed by atoms with van der Waals surface area (Å²) in [7, 11) is 1.84. The SMILES string of the molecule is CNCC(Cc1ccc(F)cc1)Cc1cc(F)cc(F)c1. The summed E-state index contributed by atoms with van der Waals surface area (Å²) in [5.74, 6) is -1.21. The predicted molar refractivity (Wildman–Crippen MR) is 77.6 cm³/mol. The predicted octanol–water partition coefficient (Wildman–Crippen LogP) is 3.72. The van der Waals surface area contributed by atoms with Gasteiger partial charge in [-0.05, 0) is 67.7 Å². The summed E-state index contributed by atoms with van der Waals surface area (Å²) in [6.45, 7) is 0.718. The Bertz CT molecular complexity index is 561. The summed E-state index contributed by atoms with van der Waals surface area (Å²) in [4.78, 5) is 0. The minimum atomic E-state index is -0.560. The van der Waals surface area contributed by atoms with Crippen molar-refractivity contribution in [3.63, 3.8) is 0 Å². The highest BCUT2D eigenvalue weighted by atomic mass is 19.1. The number of hydrogen-bond acceptors (Lipinski definition) is 1. The molecular weight excluding hydrogens is 275 g/mol. The van der Waals surface area contributed by atoms with Gasteiger partial charge in [0.2, 0.25) is 0 Å². The molecule has 0 aromatic heterocycles. The van der Waals surface area contributed by atoms with E-state index in [9.17, 15) is 13.2 Å². The van der Waals surface area contributed by atoms with Crippen LogP contribution in [-0.2, 0) is 12.8 Å². The summed E-state index contributed by atoms with van der Waals surface area (Å²) in [5, 5.41) is 3.09. The molecule has 0 bridgehead atoms. The van der Waals surface area contributed by atoms with Gasteiger partial charge in [-0.25, -0.2) is 13.2 Å². The largest absolute Gasteiger partial charge is 0.319 e. The van der Waals surface area contributed by atoms with Crippen LogP contribution in [0.1, 0.15) is 11.1 Å². The number of rotatable bonds is 6. The highest BCUT2D eigenvalue weighted by Gasteiger charge is 2.12. The van der Waals surface area contributed by atoms with Crippen molar-refractivity contribution in [1.82, 2.24) is 5.32 Å². The molecule has 0 aliphatic carbocycles. The first-order valence-corrected chi connectivity index (χ1v) is 6.91. The van der Waals surface area contributed by atoms with Crippen molar-refractivity contribution in [3.05, 3.63) is 71.0 Å². The molecule has 1 unspecified atom stereocenters. The van der Waals surface area contributed by atoms with E-state index in [0.717, 1.165) is 24.6 Å². The normalized spacial score (nSPS) is 12.4. The van der Waals surface area contributed by atoms with Crippen LogP contribution in [0.3, 0.4) is 0 Å². The molecule has 1 atom stereocenters. The van der Waals surface area contributed by atoms with Crippen molar-refractivity contribution in [1.29, 1.82) is 0 Å². The molecular formula is C17H18F3N. The molecule has 2 aromatic rings. The summed E-state index contributed by atoms with van der Waals surface area (Å²) in [6.07, 6.45) is 1.28. The van der Waals surface area contributed by atoms with Gasteiger partial charge in [-0.2, -0.15) is 0 Å². The highest BCUT2D eigenvalue weighted by molar-refractivity contribution is 5.20. The molecule has 0 saturated carbocycles. The van der Waals surface area contributed by atoms with Gasteiger partial charge in [0.05, 0.1) is 0 Å². The summed E-state index contributed by atoms with van der Waals surface area (Å²) < 4.78 is 39.4. The van der Waals surface area contributed by atoms with E-state index < -0.39 is 11.6 Å². The molecule has 0 aliphatic heterocycles. The van der Waals surface area contributed by atoms with Gasteiger partial charge in [0.25, 0.3) is 0 Å². The van der Waals surface area contributed by atoms with Crippen LogP contribution in [0.5, 0.6) is 0 Å². The van der Waals surface area contributed by atoms with Crippen molar-refractivity contribution >= 4 is 0 Å². The second-order valence-electron chi connectivity index (χ2n) is 5.24. The second-order valence-corrected chi connectivity index (χ2v) is 5.24. The molecule has 0 heterocycles. The first kappa shape index (κ1) is 15.6. The summed E-state index contributed by atoms with van der Waals surface area (Å²) >= 11 is 0. The third-order valence-electron chi connectivity index (χ3n) is 3.38. The minimum Gasteiger partial charge on any atom is -0.319 e. The maximum absolute atomic E-state index is 13.2. The van der Waals surface area contributed by atoms with Crippen molar-refractivity contribution in [2.75, 3.05) is 13.6 Å². The van der Waals surface area contributed by atoms with E-state index in [1.165, 1.54) is 24.3 Å². The Hall–Kier alpha value is -1.81. The van der Waals surface area contributed by atoms with E-state index in [-0.39, 0.29) is 11.7 Å². The maximum Gasteiger partial charge on any atom is 0.126 e. The zero-order chi connectivity index (χ0) is 15.2. The monoisotopic (exact) mass is 293 g/mol. The number of hydrogen-bond donors (Lipinski definition) is 1. The molecule has 2 aromatic carbocycles. The number of halogens is 3. The molecule has 21 heavy (non-hydrogen) atoms. The fourth-order valence-electron chi connectivity index (χ4n) is 2.52. The van der Waals surface area contributed by atoms with E-state index in [1.54, 1.807) is 12.1 Å². The lowest BCUT2D eigenvalue weighted by Gasteiger charge is -2.17. The molecule has 4 heteroatoms. The summed E-state index contributed by atoms with van der Waals surface area (Å²) in [6, 6.07) is 9.92. The van der Waals surface area contributed by atoms with E-state index in [4.69, 9.17) is 0 Å². The first-order valence-electron chi connectivity index (χ1n) is 6.91. The zero-order valence-corrected chi connectivity index (χ0v) is 11.9. The highest BCUT2D eigenvalue weighted by Crippen LogP contribution is 2.17. The van der Waals surface area contributed by atoms with Crippen LogP contribution >= 0.6 is 0 Å². The average Bonchev–Trinajstić information content (AvgIpc) is 2.40. The lowest BCUT2D eigenvalue weighted by Crippen LogP contribution is -2.23. The molecule has 2 rings (SSSR count).